The number of rotatable bonds is 0. The van der Waals surface area contributed by atoms with Gasteiger partial charge < -0.3 is 4.98 Å². The van der Waals surface area contributed by atoms with Crippen LogP contribution in [-0.2, 0) is 7.05 Å². The summed E-state index contributed by atoms with van der Waals surface area (Å²) in [6, 6.07) is 2.29. The zero-order chi connectivity index (χ0) is 11.2. The van der Waals surface area contributed by atoms with Crippen molar-refractivity contribution in [2.24, 2.45) is 7.05 Å². The van der Waals surface area contributed by atoms with E-state index >= 15 is 0 Å². The van der Waals surface area contributed by atoms with E-state index in [4.69, 9.17) is 0 Å². The van der Waals surface area contributed by atoms with Crippen molar-refractivity contribution in [3.63, 3.8) is 0 Å². The monoisotopic (exact) mass is 272 g/mol. The second kappa shape index (κ2) is 3.30. The molecule has 78 valence electrons. The molecule has 1 aromatic carbocycles. The zero-order valence-corrected chi connectivity index (χ0v) is 9.26. The van der Waals surface area contributed by atoms with E-state index in [1.807, 2.05) is 0 Å². The standard InChI is InChI=1S/C9H6BrFN2O2/c1-13-8(14)5-2-4(11)3-6(10)7(5)12-9(13)15/h2-3H,1H3,(H,12,15). The summed E-state index contributed by atoms with van der Waals surface area (Å²) in [6.07, 6.45) is 0. The van der Waals surface area contributed by atoms with Crippen molar-refractivity contribution >= 4 is 26.8 Å². The van der Waals surface area contributed by atoms with Gasteiger partial charge in [-0.3, -0.25) is 9.36 Å². The molecule has 0 bridgehead atoms. The Hall–Kier alpha value is -1.43. The molecule has 0 saturated heterocycles. The Morgan fingerprint density at radius 1 is 1.40 bits per heavy atom. The molecule has 0 aliphatic carbocycles. The third kappa shape index (κ3) is 1.50. The van der Waals surface area contributed by atoms with Gasteiger partial charge in [-0.2, -0.15) is 0 Å². The number of nitrogens with one attached hydrogen (secondary N) is 1. The summed E-state index contributed by atoms with van der Waals surface area (Å²) in [5.41, 5.74) is -0.738. The lowest BCUT2D eigenvalue weighted by atomic mass is 10.2. The van der Waals surface area contributed by atoms with E-state index in [0.717, 1.165) is 10.6 Å². The molecule has 1 N–H and O–H groups in total. The summed E-state index contributed by atoms with van der Waals surface area (Å²) >= 11 is 3.08. The van der Waals surface area contributed by atoms with Gasteiger partial charge in [0.2, 0.25) is 0 Å². The molecule has 0 radical (unpaired) electrons. The van der Waals surface area contributed by atoms with Crippen molar-refractivity contribution < 1.29 is 4.39 Å². The molecular weight excluding hydrogens is 267 g/mol. The predicted molar refractivity (Wildman–Crippen MR) is 57.5 cm³/mol. The van der Waals surface area contributed by atoms with Crippen molar-refractivity contribution in [1.82, 2.24) is 9.55 Å². The number of hydrogen-bond donors (Lipinski definition) is 1. The van der Waals surface area contributed by atoms with E-state index in [9.17, 15) is 14.0 Å². The molecular formula is C9H6BrFN2O2. The highest BCUT2D eigenvalue weighted by molar-refractivity contribution is 9.10. The highest BCUT2D eigenvalue weighted by atomic mass is 79.9. The van der Waals surface area contributed by atoms with Crippen LogP contribution in [0.25, 0.3) is 10.9 Å². The Kier molecular flexibility index (Phi) is 2.22. The summed E-state index contributed by atoms with van der Waals surface area (Å²) in [4.78, 5) is 25.4. The van der Waals surface area contributed by atoms with Crippen LogP contribution >= 0.6 is 15.9 Å². The van der Waals surface area contributed by atoms with Crippen LogP contribution in [0, 0.1) is 5.82 Å². The second-order valence-electron chi connectivity index (χ2n) is 3.10. The molecule has 0 saturated carbocycles. The normalized spacial score (nSPS) is 10.9. The number of benzene rings is 1. The summed E-state index contributed by atoms with van der Waals surface area (Å²) in [5.74, 6) is -0.529. The largest absolute Gasteiger partial charge is 0.328 e. The lowest BCUT2D eigenvalue weighted by Crippen LogP contribution is -2.32. The lowest BCUT2D eigenvalue weighted by molar-refractivity contribution is 0.628. The number of H-pyrrole nitrogens is 1. The summed E-state index contributed by atoms with van der Waals surface area (Å²) in [7, 11) is 1.33. The van der Waals surface area contributed by atoms with E-state index in [0.29, 0.717) is 9.99 Å². The number of fused-ring (bicyclic) bond motifs is 1. The molecule has 1 heterocycles. The van der Waals surface area contributed by atoms with Crippen LogP contribution in [0.3, 0.4) is 0 Å². The third-order valence-electron chi connectivity index (χ3n) is 2.13. The van der Waals surface area contributed by atoms with E-state index in [2.05, 4.69) is 20.9 Å². The molecule has 0 atom stereocenters. The number of nitrogens with zero attached hydrogens (tertiary/aromatic N) is 1. The average Bonchev–Trinajstić information content (AvgIpc) is 2.17. The molecule has 4 nitrogen and oxygen atoms in total. The smallest absolute Gasteiger partial charge is 0.306 e. The van der Waals surface area contributed by atoms with Gasteiger partial charge >= 0.3 is 5.69 Å². The number of halogens is 2. The van der Waals surface area contributed by atoms with Gasteiger partial charge in [-0.1, -0.05) is 0 Å². The Labute approximate surface area is 91.5 Å². The fourth-order valence-corrected chi connectivity index (χ4v) is 1.86. The van der Waals surface area contributed by atoms with Crippen molar-refractivity contribution in [2.75, 3.05) is 0 Å². The summed E-state index contributed by atoms with van der Waals surface area (Å²) < 4.78 is 14.3. The topological polar surface area (TPSA) is 54.9 Å². The molecule has 0 aliphatic rings. The minimum Gasteiger partial charge on any atom is -0.306 e. The van der Waals surface area contributed by atoms with Crippen LogP contribution in [0.4, 0.5) is 4.39 Å². The number of aromatic amines is 1. The first-order valence-corrected chi connectivity index (χ1v) is 4.88. The molecule has 15 heavy (non-hydrogen) atoms. The molecule has 0 amide bonds. The van der Waals surface area contributed by atoms with Crippen molar-refractivity contribution in [3.8, 4) is 0 Å². The molecule has 2 aromatic rings. The SMILES string of the molecule is Cn1c(=O)[nH]c2c(Br)cc(F)cc2c1=O. The molecule has 1 aromatic heterocycles. The van der Waals surface area contributed by atoms with Crippen LogP contribution < -0.4 is 11.2 Å². The maximum atomic E-state index is 13.0. The Morgan fingerprint density at radius 2 is 2.07 bits per heavy atom. The fraction of sp³-hybridized carbons (Fsp3) is 0.111. The molecule has 0 fully saturated rings. The van der Waals surface area contributed by atoms with Crippen LogP contribution in [0.1, 0.15) is 0 Å². The molecule has 0 unspecified atom stereocenters. The molecule has 6 heteroatoms. The fourth-order valence-electron chi connectivity index (χ4n) is 1.33. The minimum atomic E-state index is -0.529. The van der Waals surface area contributed by atoms with Crippen LogP contribution in [0.5, 0.6) is 0 Å². The quantitative estimate of drug-likeness (QED) is 0.782. The highest BCUT2D eigenvalue weighted by Gasteiger charge is 2.08. The number of hydrogen-bond acceptors (Lipinski definition) is 2. The van der Waals surface area contributed by atoms with Gasteiger partial charge in [0.1, 0.15) is 5.82 Å². The first kappa shape index (κ1) is 10.1. The first-order chi connectivity index (χ1) is 7.00. The zero-order valence-electron chi connectivity index (χ0n) is 7.67. The van der Waals surface area contributed by atoms with Gasteiger partial charge in [0.25, 0.3) is 5.56 Å². The van der Waals surface area contributed by atoms with Crippen LogP contribution in [0.15, 0.2) is 26.2 Å². The van der Waals surface area contributed by atoms with E-state index in [-0.39, 0.29) is 5.39 Å². The van der Waals surface area contributed by atoms with Gasteiger partial charge in [-0.15, -0.1) is 0 Å². The Morgan fingerprint density at radius 3 is 2.73 bits per heavy atom. The highest BCUT2D eigenvalue weighted by Crippen LogP contribution is 2.20. The second-order valence-corrected chi connectivity index (χ2v) is 3.96. The minimum absolute atomic E-state index is 0.143. The molecule has 0 aliphatic heterocycles. The van der Waals surface area contributed by atoms with Crippen molar-refractivity contribution in [3.05, 3.63) is 43.3 Å². The maximum Gasteiger partial charge on any atom is 0.328 e. The van der Waals surface area contributed by atoms with Gasteiger partial charge in [0.15, 0.2) is 0 Å². The van der Waals surface area contributed by atoms with Gasteiger partial charge in [-0.05, 0) is 28.1 Å². The lowest BCUT2D eigenvalue weighted by Gasteiger charge is -2.02. The van der Waals surface area contributed by atoms with Crippen LogP contribution in [-0.4, -0.2) is 9.55 Å². The van der Waals surface area contributed by atoms with Crippen molar-refractivity contribution in [2.45, 2.75) is 0 Å². The van der Waals surface area contributed by atoms with Gasteiger partial charge in [-0.25, -0.2) is 9.18 Å². The van der Waals surface area contributed by atoms with Gasteiger partial charge in [0.05, 0.1) is 10.9 Å². The van der Waals surface area contributed by atoms with Gasteiger partial charge in [0, 0.05) is 11.5 Å². The third-order valence-corrected chi connectivity index (χ3v) is 2.75. The Bertz CT molecular complexity index is 659. The summed E-state index contributed by atoms with van der Waals surface area (Å²) in [6.45, 7) is 0. The van der Waals surface area contributed by atoms with Crippen molar-refractivity contribution in [1.29, 1.82) is 0 Å². The first-order valence-electron chi connectivity index (χ1n) is 4.09. The predicted octanol–water partition coefficient (Wildman–Crippen LogP) is 1.13. The van der Waals surface area contributed by atoms with E-state index < -0.39 is 17.1 Å². The maximum absolute atomic E-state index is 13.0. The van der Waals surface area contributed by atoms with E-state index in [1.54, 1.807) is 0 Å². The Balaban J connectivity index is 3.13. The van der Waals surface area contributed by atoms with E-state index in [1.165, 1.54) is 13.1 Å². The van der Waals surface area contributed by atoms with Crippen LogP contribution in [0.2, 0.25) is 0 Å². The summed E-state index contributed by atoms with van der Waals surface area (Å²) in [5, 5.41) is 0.143. The molecule has 0 spiro atoms. The number of aromatic nitrogens is 2. The molecule has 2 rings (SSSR count). The average molecular weight is 273 g/mol.